The topological polar surface area (TPSA) is 58.6 Å². The summed E-state index contributed by atoms with van der Waals surface area (Å²) in [4.78, 5) is 11.7. The van der Waals surface area contributed by atoms with Crippen molar-refractivity contribution >= 4 is 18.4 Å². The van der Waals surface area contributed by atoms with Crippen molar-refractivity contribution in [1.82, 2.24) is 5.32 Å². The Morgan fingerprint density at radius 3 is 2.62 bits per heavy atom. The average Bonchev–Trinajstić information content (AvgIpc) is 3.42. The molecule has 156 valence electrons. The second-order valence-electron chi connectivity index (χ2n) is 8.17. The van der Waals surface area contributed by atoms with Gasteiger partial charge in [-0.3, -0.25) is 4.79 Å². The first kappa shape index (κ1) is 21.7. The number of carbonyl (C=O) groups is 1. The molecule has 2 aromatic carbocycles. The maximum Gasteiger partial charge on any atom is 0.307 e. The highest BCUT2D eigenvalue weighted by Gasteiger charge is 2.30. The highest BCUT2D eigenvalue weighted by molar-refractivity contribution is 5.85. The fourth-order valence-electron chi connectivity index (χ4n) is 4.20. The summed E-state index contributed by atoms with van der Waals surface area (Å²) in [5.74, 6) is 0.770. The number of hydrogen-bond donors (Lipinski definition) is 2. The third-order valence-electron chi connectivity index (χ3n) is 6.00. The van der Waals surface area contributed by atoms with Gasteiger partial charge in [0.1, 0.15) is 5.75 Å². The molecule has 1 heterocycles. The van der Waals surface area contributed by atoms with E-state index in [2.05, 4.69) is 29.6 Å². The molecule has 0 spiro atoms. The molecule has 1 aliphatic heterocycles. The molecular weight excluding hydrogens is 386 g/mol. The van der Waals surface area contributed by atoms with Gasteiger partial charge in [-0.1, -0.05) is 36.4 Å². The number of ether oxygens (including phenoxy) is 1. The van der Waals surface area contributed by atoms with Crippen LogP contribution in [0.4, 0.5) is 0 Å². The molecule has 2 N–H and O–H groups in total. The van der Waals surface area contributed by atoms with Crippen LogP contribution in [-0.2, 0) is 17.6 Å². The van der Waals surface area contributed by atoms with Crippen molar-refractivity contribution in [1.29, 1.82) is 0 Å². The minimum absolute atomic E-state index is 0. The molecule has 2 atom stereocenters. The fraction of sp³-hybridized carbons (Fsp3) is 0.458. The molecule has 2 fully saturated rings. The Hall–Kier alpha value is -2.04. The van der Waals surface area contributed by atoms with Crippen LogP contribution in [0.5, 0.6) is 5.75 Å². The number of benzene rings is 2. The van der Waals surface area contributed by atoms with Crippen molar-refractivity contribution in [2.24, 2.45) is 11.8 Å². The van der Waals surface area contributed by atoms with Crippen LogP contribution in [0.3, 0.4) is 0 Å². The molecule has 4 rings (SSSR count). The van der Waals surface area contributed by atoms with Crippen LogP contribution < -0.4 is 10.1 Å². The SMILES string of the molecule is Cl.O=C(O)[C@@H](Cc1cccc(OCCc2cccc(C3CC3)c2)c1)[C@H]1CCNC1. The Morgan fingerprint density at radius 1 is 1.10 bits per heavy atom. The Kier molecular flexibility index (Phi) is 7.57. The molecule has 1 aliphatic carbocycles. The first-order valence-electron chi connectivity index (χ1n) is 10.4. The van der Waals surface area contributed by atoms with Crippen molar-refractivity contribution in [3.8, 4) is 5.75 Å². The van der Waals surface area contributed by atoms with Crippen LogP contribution in [0.2, 0.25) is 0 Å². The summed E-state index contributed by atoms with van der Waals surface area (Å²) in [6.07, 6.45) is 5.02. The third kappa shape index (κ3) is 5.97. The quantitative estimate of drug-likeness (QED) is 0.634. The Labute approximate surface area is 179 Å². The fourth-order valence-corrected chi connectivity index (χ4v) is 4.20. The van der Waals surface area contributed by atoms with E-state index in [0.717, 1.165) is 43.2 Å². The van der Waals surface area contributed by atoms with Gasteiger partial charge < -0.3 is 15.2 Å². The second kappa shape index (κ2) is 10.1. The summed E-state index contributed by atoms with van der Waals surface area (Å²) in [5, 5.41) is 12.9. The molecule has 29 heavy (non-hydrogen) atoms. The van der Waals surface area contributed by atoms with Gasteiger partial charge in [0, 0.05) is 6.42 Å². The molecule has 1 saturated heterocycles. The van der Waals surface area contributed by atoms with E-state index < -0.39 is 5.97 Å². The lowest BCUT2D eigenvalue weighted by Gasteiger charge is -2.19. The van der Waals surface area contributed by atoms with Gasteiger partial charge in [-0.2, -0.15) is 0 Å². The lowest BCUT2D eigenvalue weighted by atomic mass is 9.86. The van der Waals surface area contributed by atoms with E-state index in [1.165, 1.54) is 24.0 Å². The van der Waals surface area contributed by atoms with Crippen LogP contribution >= 0.6 is 12.4 Å². The summed E-state index contributed by atoms with van der Waals surface area (Å²) in [5.41, 5.74) is 3.81. The van der Waals surface area contributed by atoms with Gasteiger partial charge in [0.2, 0.25) is 0 Å². The molecule has 0 bridgehead atoms. The largest absolute Gasteiger partial charge is 0.493 e. The standard InChI is InChI=1S/C24H29NO3.ClH/c26-24(27)23(21-9-11-25-16-21)15-18-4-2-6-22(14-18)28-12-10-17-3-1-5-20(13-17)19-7-8-19;/h1-6,13-14,19,21,23,25H,7-12,15-16H2,(H,26,27);1H/t21-,23-;/m0./s1. The highest BCUT2D eigenvalue weighted by atomic mass is 35.5. The number of aliphatic carboxylic acids is 1. The minimum atomic E-state index is -0.699. The molecule has 0 amide bonds. The number of halogens is 1. The highest BCUT2D eigenvalue weighted by Crippen LogP contribution is 2.40. The Morgan fingerprint density at radius 2 is 1.90 bits per heavy atom. The number of carboxylic acid groups (broad SMARTS) is 1. The van der Waals surface area contributed by atoms with Gasteiger partial charge in [-0.15, -0.1) is 12.4 Å². The first-order chi connectivity index (χ1) is 13.7. The maximum atomic E-state index is 11.7. The van der Waals surface area contributed by atoms with Gasteiger partial charge >= 0.3 is 5.97 Å². The molecule has 2 aliphatic rings. The molecule has 5 heteroatoms. The molecule has 0 unspecified atom stereocenters. The third-order valence-corrected chi connectivity index (χ3v) is 6.00. The number of hydrogen-bond acceptors (Lipinski definition) is 3. The van der Waals surface area contributed by atoms with E-state index in [1.807, 2.05) is 24.3 Å². The van der Waals surface area contributed by atoms with Crippen molar-refractivity contribution in [3.63, 3.8) is 0 Å². The van der Waals surface area contributed by atoms with Crippen LogP contribution in [-0.4, -0.2) is 30.8 Å². The smallest absolute Gasteiger partial charge is 0.307 e. The van der Waals surface area contributed by atoms with E-state index in [-0.39, 0.29) is 24.2 Å². The number of carboxylic acids is 1. The molecule has 1 saturated carbocycles. The van der Waals surface area contributed by atoms with Crippen LogP contribution in [0, 0.1) is 11.8 Å². The van der Waals surface area contributed by atoms with E-state index in [4.69, 9.17) is 4.74 Å². The molecule has 4 nitrogen and oxygen atoms in total. The summed E-state index contributed by atoms with van der Waals surface area (Å²) >= 11 is 0. The lowest BCUT2D eigenvalue weighted by Crippen LogP contribution is -2.27. The summed E-state index contributed by atoms with van der Waals surface area (Å²) in [7, 11) is 0. The predicted molar refractivity (Wildman–Crippen MR) is 117 cm³/mol. The van der Waals surface area contributed by atoms with E-state index in [1.54, 1.807) is 0 Å². The maximum absolute atomic E-state index is 11.7. The lowest BCUT2D eigenvalue weighted by molar-refractivity contribution is -0.143. The zero-order valence-corrected chi connectivity index (χ0v) is 17.5. The molecular formula is C24H30ClNO3. The van der Waals surface area contributed by atoms with Crippen molar-refractivity contribution in [2.75, 3.05) is 19.7 Å². The summed E-state index contributed by atoms with van der Waals surface area (Å²) in [6.45, 7) is 2.35. The van der Waals surface area contributed by atoms with Gasteiger partial charge in [0.05, 0.1) is 12.5 Å². The number of nitrogens with one attached hydrogen (secondary N) is 1. The minimum Gasteiger partial charge on any atom is -0.493 e. The Bertz CT molecular complexity index is 815. The van der Waals surface area contributed by atoms with Crippen molar-refractivity contribution in [3.05, 3.63) is 65.2 Å². The first-order valence-corrected chi connectivity index (χ1v) is 10.4. The van der Waals surface area contributed by atoms with Gasteiger partial charge in [-0.05, 0) is 79.4 Å². The van der Waals surface area contributed by atoms with Crippen LogP contribution in [0.15, 0.2) is 48.5 Å². The molecule has 0 aromatic heterocycles. The molecule has 2 aromatic rings. The van der Waals surface area contributed by atoms with E-state index in [0.29, 0.717) is 13.0 Å². The average molecular weight is 416 g/mol. The van der Waals surface area contributed by atoms with Crippen molar-refractivity contribution < 1.29 is 14.6 Å². The predicted octanol–water partition coefficient (Wildman–Crippen LogP) is 4.46. The molecule has 0 radical (unpaired) electrons. The number of rotatable bonds is 9. The zero-order valence-electron chi connectivity index (χ0n) is 16.7. The van der Waals surface area contributed by atoms with E-state index >= 15 is 0 Å². The zero-order chi connectivity index (χ0) is 19.3. The van der Waals surface area contributed by atoms with Crippen LogP contribution in [0.1, 0.15) is 41.9 Å². The van der Waals surface area contributed by atoms with Crippen molar-refractivity contribution in [2.45, 2.75) is 38.0 Å². The second-order valence-corrected chi connectivity index (χ2v) is 8.17. The summed E-state index contributed by atoms with van der Waals surface area (Å²) < 4.78 is 5.97. The van der Waals surface area contributed by atoms with Gasteiger partial charge in [-0.25, -0.2) is 0 Å². The van der Waals surface area contributed by atoms with E-state index in [9.17, 15) is 9.90 Å². The van der Waals surface area contributed by atoms with Gasteiger partial charge in [0.25, 0.3) is 0 Å². The summed E-state index contributed by atoms with van der Waals surface area (Å²) in [6, 6.07) is 16.8. The van der Waals surface area contributed by atoms with Crippen LogP contribution in [0.25, 0.3) is 0 Å². The Balaban J connectivity index is 0.00000240. The normalized spacial score (nSPS) is 19.4. The monoisotopic (exact) mass is 415 g/mol. The van der Waals surface area contributed by atoms with Gasteiger partial charge in [0.15, 0.2) is 0 Å².